The van der Waals surface area contributed by atoms with Gasteiger partial charge in [0.2, 0.25) is 5.91 Å². The summed E-state index contributed by atoms with van der Waals surface area (Å²) in [4.78, 5) is 33.7. The Balaban J connectivity index is 1.58. The number of ether oxygens (including phenoxy) is 1. The van der Waals surface area contributed by atoms with E-state index in [2.05, 4.69) is 0 Å². The Kier molecular flexibility index (Phi) is 5.71. The third-order valence-corrected chi connectivity index (χ3v) is 5.99. The minimum Gasteiger partial charge on any atom is -0.447 e. The number of carbonyl (C=O) groups excluding carboxylic acids is 2. The number of carbonyl (C=O) groups is 2. The highest BCUT2D eigenvalue weighted by Crippen LogP contribution is 2.48. The summed E-state index contributed by atoms with van der Waals surface area (Å²) in [7, 11) is 0. The summed E-state index contributed by atoms with van der Waals surface area (Å²) in [6, 6.07) is 29.2. The number of hydrogen-bond donors (Lipinski definition) is 0. The maximum absolute atomic E-state index is 13.7. The van der Waals surface area contributed by atoms with Crippen LogP contribution in [0.5, 0.6) is 0 Å². The highest BCUT2D eigenvalue weighted by atomic mass is 16.7. The summed E-state index contributed by atoms with van der Waals surface area (Å²) in [6.07, 6.45) is -1.11. The minimum absolute atomic E-state index is 0.220. The van der Waals surface area contributed by atoms with Crippen molar-refractivity contribution < 1.29 is 19.2 Å². The average Bonchev–Trinajstić information content (AvgIpc) is 3.44. The topological polar surface area (TPSA) is 59.1 Å². The molecule has 0 spiro atoms. The number of imide groups is 1. The van der Waals surface area contributed by atoms with Crippen molar-refractivity contribution in [2.24, 2.45) is 5.92 Å². The molecular formula is C26H24N2O4. The van der Waals surface area contributed by atoms with Crippen molar-refractivity contribution in [1.29, 1.82) is 0 Å². The Morgan fingerprint density at radius 2 is 1.44 bits per heavy atom. The first-order chi connectivity index (χ1) is 15.7. The van der Waals surface area contributed by atoms with Gasteiger partial charge in [0.05, 0.1) is 18.5 Å². The van der Waals surface area contributed by atoms with Crippen LogP contribution < -0.4 is 0 Å². The first kappa shape index (κ1) is 20.4. The Labute approximate surface area is 186 Å². The molecule has 2 aliphatic rings. The summed E-state index contributed by atoms with van der Waals surface area (Å²) >= 11 is 0. The predicted octanol–water partition coefficient (Wildman–Crippen LogP) is 4.51. The smallest absolute Gasteiger partial charge is 0.416 e. The van der Waals surface area contributed by atoms with E-state index in [1.165, 1.54) is 4.90 Å². The molecule has 0 saturated carbocycles. The zero-order chi connectivity index (χ0) is 21.9. The number of benzene rings is 3. The maximum atomic E-state index is 13.7. The van der Waals surface area contributed by atoms with Gasteiger partial charge in [-0.15, -0.1) is 0 Å². The molecule has 0 aromatic heterocycles. The summed E-state index contributed by atoms with van der Waals surface area (Å²) in [5.41, 5.74) is 2.94. The standard InChI is InChI=1S/C26H24N2O4/c29-25(27-16-17-31-26(27)30)22-23(20-12-6-2-7-13-20)28(18-19-10-4-1-5-11-19)32-24(22)21-14-8-3-9-15-21/h1-15,22-24H,16-18H2/t22-,23+,24+/m0/s1. The second kappa shape index (κ2) is 8.94. The van der Waals surface area contributed by atoms with Crippen molar-refractivity contribution >= 4 is 12.0 Å². The molecular weight excluding hydrogens is 404 g/mol. The monoisotopic (exact) mass is 428 g/mol. The summed E-state index contributed by atoms with van der Waals surface area (Å²) in [5.74, 6) is -0.875. The normalized spacial score (nSPS) is 23.3. The van der Waals surface area contributed by atoms with Crippen molar-refractivity contribution in [1.82, 2.24) is 9.96 Å². The Morgan fingerprint density at radius 3 is 2.03 bits per heavy atom. The van der Waals surface area contributed by atoms with Crippen LogP contribution in [0.3, 0.4) is 0 Å². The minimum atomic E-state index is -0.603. The average molecular weight is 428 g/mol. The van der Waals surface area contributed by atoms with Crippen LogP contribution in [-0.4, -0.2) is 35.1 Å². The molecule has 0 bridgehead atoms. The van der Waals surface area contributed by atoms with Gasteiger partial charge in [-0.3, -0.25) is 9.63 Å². The molecule has 2 amide bonds. The molecule has 5 rings (SSSR count). The lowest BCUT2D eigenvalue weighted by molar-refractivity contribution is -0.173. The molecule has 2 saturated heterocycles. The Morgan fingerprint density at radius 1 is 0.844 bits per heavy atom. The van der Waals surface area contributed by atoms with Gasteiger partial charge in [-0.1, -0.05) is 91.0 Å². The van der Waals surface area contributed by atoms with Gasteiger partial charge >= 0.3 is 6.09 Å². The zero-order valence-electron chi connectivity index (χ0n) is 17.5. The fourth-order valence-corrected chi connectivity index (χ4v) is 4.49. The molecule has 0 N–H and O–H groups in total. The molecule has 3 atom stereocenters. The van der Waals surface area contributed by atoms with E-state index in [0.29, 0.717) is 6.54 Å². The largest absolute Gasteiger partial charge is 0.447 e. The van der Waals surface area contributed by atoms with Crippen LogP contribution in [0.1, 0.15) is 28.8 Å². The van der Waals surface area contributed by atoms with Gasteiger partial charge in [-0.05, 0) is 16.7 Å². The van der Waals surface area contributed by atoms with E-state index in [1.54, 1.807) is 0 Å². The molecule has 2 aliphatic heterocycles. The van der Waals surface area contributed by atoms with Crippen LogP contribution >= 0.6 is 0 Å². The third-order valence-electron chi connectivity index (χ3n) is 5.99. The number of rotatable bonds is 5. The van der Waals surface area contributed by atoms with Crippen LogP contribution in [0, 0.1) is 5.92 Å². The first-order valence-corrected chi connectivity index (χ1v) is 10.8. The van der Waals surface area contributed by atoms with Crippen molar-refractivity contribution in [3.05, 3.63) is 108 Å². The van der Waals surface area contributed by atoms with E-state index >= 15 is 0 Å². The van der Waals surface area contributed by atoms with Crippen LogP contribution in [0.25, 0.3) is 0 Å². The number of hydrogen-bond acceptors (Lipinski definition) is 5. The van der Waals surface area contributed by atoms with E-state index in [1.807, 2.05) is 96.1 Å². The third kappa shape index (κ3) is 3.90. The van der Waals surface area contributed by atoms with Gasteiger partial charge in [0.25, 0.3) is 0 Å². The molecule has 0 aliphatic carbocycles. The first-order valence-electron chi connectivity index (χ1n) is 10.8. The highest BCUT2D eigenvalue weighted by Gasteiger charge is 2.51. The number of cyclic esters (lactones) is 1. The summed E-state index contributed by atoms with van der Waals surface area (Å²) in [5, 5.41) is 1.88. The van der Waals surface area contributed by atoms with Gasteiger partial charge in [-0.2, -0.15) is 5.06 Å². The molecule has 162 valence electrons. The SMILES string of the molecule is O=C1OCCN1C(=O)[C@@H]1[C@@H](c2ccccc2)ON(Cc2ccccc2)[C@@H]1c1ccccc1. The van der Waals surface area contributed by atoms with Gasteiger partial charge in [0, 0.05) is 6.54 Å². The van der Waals surface area contributed by atoms with Crippen molar-refractivity contribution in [3.8, 4) is 0 Å². The second-order valence-corrected chi connectivity index (χ2v) is 7.98. The lowest BCUT2D eigenvalue weighted by atomic mass is 9.85. The van der Waals surface area contributed by atoms with Crippen LogP contribution in [-0.2, 0) is 20.9 Å². The molecule has 3 aromatic rings. The van der Waals surface area contributed by atoms with Crippen LogP contribution in [0.4, 0.5) is 4.79 Å². The Hall–Kier alpha value is -3.48. The van der Waals surface area contributed by atoms with Gasteiger partial charge in [0.1, 0.15) is 12.7 Å². The summed E-state index contributed by atoms with van der Waals surface area (Å²) < 4.78 is 5.06. The molecule has 3 aromatic carbocycles. The van der Waals surface area contributed by atoms with Gasteiger partial charge in [-0.25, -0.2) is 9.69 Å². The molecule has 2 fully saturated rings. The highest BCUT2D eigenvalue weighted by molar-refractivity contribution is 5.95. The number of hydroxylamine groups is 2. The quantitative estimate of drug-likeness (QED) is 0.598. The molecule has 32 heavy (non-hydrogen) atoms. The van der Waals surface area contributed by atoms with Crippen LogP contribution in [0.2, 0.25) is 0 Å². The fraction of sp³-hybridized carbons (Fsp3) is 0.231. The second-order valence-electron chi connectivity index (χ2n) is 7.98. The number of nitrogens with zero attached hydrogens (tertiary/aromatic N) is 2. The van der Waals surface area contributed by atoms with E-state index < -0.39 is 18.1 Å². The van der Waals surface area contributed by atoms with E-state index in [4.69, 9.17) is 9.57 Å². The van der Waals surface area contributed by atoms with Crippen LogP contribution in [0.15, 0.2) is 91.0 Å². The summed E-state index contributed by atoms with van der Waals surface area (Å²) in [6.45, 7) is 0.992. The van der Waals surface area contributed by atoms with E-state index in [-0.39, 0.29) is 25.1 Å². The van der Waals surface area contributed by atoms with E-state index in [9.17, 15) is 9.59 Å². The zero-order valence-corrected chi connectivity index (χ0v) is 17.5. The van der Waals surface area contributed by atoms with E-state index in [0.717, 1.165) is 16.7 Å². The van der Waals surface area contributed by atoms with Crippen molar-refractivity contribution in [3.63, 3.8) is 0 Å². The Bertz CT molecular complexity index is 1070. The fourth-order valence-electron chi connectivity index (χ4n) is 4.49. The maximum Gasteiger partial charge on any atom is 0.416 e. The van der Waals surface area contributed by atoms with Crippen molar-refractivity contribution in [2.75, 3.05) is 13.2 Å². The molecule has 0 radical (unpaired) electrons. The molecule has 2 heterocycles. The molecule has 6 nitrogen and oxygen atoms in total. The lowest BCUT2D eigenvalue weighted by Crippen LogP contribution is -2.40. The lowest BCUT2D eigenvalue weighted by Gasteiger charge is -2.27. The predicted molar refractivity (Wildman–Crippen MR) is 118 cm³/mol. The molecule has 6 heteroatoms. The van der Waals surface area contributed by atoms with Crippen molar-refractivity contribution in [2.45, 2.75) is 18.7 Å². The number of amides is 2. The van der Waals surface area contributed by atoms with Gasteiger partial charge in [0.15, 0.2) is 0 Å². The molecule has 0 unspecified atom stereocenters. The van der Waals surface area contributed by atoms with Gasteiger partial charge < -0.3 is 4.74 Å².